The van der Waals surface area contributed by atoms with E-state index in [0.29, 0.717) is 23.6 Å². The number of benzene rings is 1. The van der Waals surface area contributed by atoms with Crippen LogP contribution in [-0.4, -0.2) is 31.0 Å². The molecular formula is C22H21N3O4S. The van der Waals surface area contributed by atoms with Gasteiger partial charge in [-0.05, 0) is 53.4 Å². The Bertz CT molecular complexity index is 1030. The van der Waals surface area contributed by atoms with Gasteiger partial charge in [0.15, 0.2) is 11.5 Å². The van der Waals surface area contributed by atoms with E-state index in [2.05, 4.69) is 15.6 Å². The molecule has 2 aromatic heterocycles. The van der Waals surface area contributed by atoms with Crippen molar-refractivity contribution in [1.29, 1.82) is 0 Å². The van der Waals surface area contributed by atoms with Crippen LogP contribution in [0.3, 0.4) is 0 Å². The first-order valence-electron chi connectivity index (χ1n) is 9.06. The van der Waals surface area contributed by atoms with Crippen molar-refractivity contribution in [1.82, 2.24) is 15.6 Å². The number of methoxy groups -OCH3 is 2. The van der Waals surface area contributed by atoms with Gasteiger partial charge in [-0.1, -0.05) is 6.07 Å². The summed E-state index contributed by atoms with van der Waals surface area (Å²) in [5.41, 5.74) is 1.39. The second-order valence-corrected chi connectivity index (χ2v) is 7.11. The van der Waals surface area contributed by atoms with E-state index in [1.54, 1.807) is 36.7 Å². The summed E-state index contributed by atoms with van der Waals surface area (Å²) < 4.78 is 10.4. The first kappa shape index (κ1) is 21.1. The van der Waals surface area contributed by atoms with Crippen molar-refractivity contribution in [3.63, 3.8) is 0 Å². The molecule has 0 spiro atoms. The summed E-state index contributed by atoms with van der Waals surface area (Å²) in [6.07, 6.45) is 4.96. The number of aromatic nitrogens is 1. The van der Waals surface area contributed by atoms with Crippen LogP contribution in [0.5, 0.6) is 11.5 Å². The zero-order valence-corrected chi connectivity index (χ0v) is 17.4. The van der Waals surface area contributed by atoms with Crippen LogP contribution in [0.25, 0.3) is 6.08 Å². The molecule has 3 rings (SSSR count). The standard InChI is InChI=1S/C22H21N3O4S/c1-28-19-6-5-16(12-20(19)29-2)21(26)25-18(13-17-4-3-11-30-17)22(27)24-14-15-7-9-23-10-8-15/h3-13H,14H2,1-2H3,(H,24,27)(H,25,26)/b18-13-. The zero-order valence-electron chi connectivity index (χ0n) is 16.5. The lowest BCUT2D eigenvalue weighted by molar-refractivity contribution is -0.117. The van der Waals surface area contributed by atoms with Gasteiger partial charge in [0, 0.05) is 29.4 Å². The molecule has 0 aliphatic carbocycles. The van der Waals surface area contributed by atoms with Crippen LogP contribution in [0.2, 0.25) is 0 Å². The fourth-order valence-corrected chi connectivity index (χ4v) is 3.28. The van der Waals surface area contributed by atoms with Crippen molar-refractivity contribution < 1.29 is 19.1 Å². The maximum atomic E-state index is 12.8. The van der Waals surface area contributed by atoms with Gasteiger partial charge in [0.25, 0.3) is 11.8 Å². The number of carbonyl (C=O) groups is 2. The van der Waals surface area contributed by atoms with Gasteiger partial charge in [0.2, 0.25) is 0 Å². The molecule has 0 saturated heterocycles. The van der Waals surface area contributed by atoms with Crippen molar-refractivity contribution in [2.24, 2.45) is 0 Å². The Balaban J connectivity index is 1.79. The molecule has 0 bridgehead atoms. The van der Waals surface area contributed by atoms with Crippen molar-refractivity contribution in [2.75, 3.05) is 14.2 Å². The SMILES string of the molecule is COc1ccc(C(=O)N/C(=C\c2cccs2)C(=O)NCc2ccncc2)cc1OC. The van der Waals surface area contributed by atoms with Crippen LogP contribution in [0.4, 0.5) is 0 Å². The van der Waals surface area contributed by atoms with Crippen molar-refractivity contribution in [2.45, 2.75) is 6.54 Å². The summed E-state index contributed by atoms with van der Waals surface area (Å²) in [4.78, 5) is 30.4. The lowest BCUT2D eigenvalue weighted by Crippen LogP contribution is -2.34. The lowest BCUT2D eigenvalue weighted by Gasteiger charge is -2.12. The Labute approximate surface area is 178 Å². The second kappa shape index (κ2) is 10.2. The average molecular weight is 423 g/mol. The Morgan fingerprint density at radius 2 is 1.83 bits per heavy atom. The third-order valence-corrected chi connectivity index (χ3v) is 4.99. The van der Waals surface area contributed by atoms with E-state index < -0.39 is 11.8 Å². The number of pyridine rings is 1. The molecule has 0 aliphatic rings. The Morgan fingerprint density at radius 3 is 2.50 bits per heavy atom. The van der Waals surface area contributed by atoms with Gasteiger partial charge in [-0.25, -0.2) is 0 Å². The average Bonchev–Trinajstić information content (AvgIpc) is 3.30. The minimum atomic E-state index is -0.433. The van der Waals surface area contributed by atoms with E-state index >= 15 is 0 Å². The first-order valence-corrected chi connectivity index (χ1v) is 9.94. The molecule has 3 aromatic rings. The Hall–Kier alpha value is -3.65. The summed E-state index contributed by atoms with van der Waals surface area (Å²) >= 11 is 1.46. The summed E-state index contributed by atoms with van der Waals surface area (Å²) in [5, 5.41) is 7.42. The van der Waals surface area contributed by atoms with Crippen LogP contribution in [0, 0.1) is 0 Å². The molecule has 0 unspecified atom stereocenters. The molecule has 30 heavy (non-hydrogen) atoms. The summed E-state index contributed by atoms with van der Waals surface area (Å²) in [5.74, 6) is 0.112. The minimum Gasteiger partial charge on any atom is -0.493 e. The maximum absolute atomic E-state index is 12.8. The van der Waals surface area contributed by atoms with E-state index in [-0.39, 0.29) is 5.70 Å². The molecule has 0 atom stereocenters. The van der Waals surface area contributed by atoms with Gasteiger partial charge < -0.3 is 20.1 Å². The van der Waals surface area contributed by atoms with Gasteiger partial charge in [-0.3, -0.25) is 14.6 Å². The van der Waals surface area contributed by atoms with Gasteiger partial charge in [-0.15, -0.1) is 11.3 Å². The smallest absolute Gasteiger partial charge is 0.268 e. The molecule has 0 fully saturated rings. The van der Waals surface area contributed by atoms with Gasteiger partial charge in [0.1, 0.15) is 5.70 Å². The summed E-state index contributed by atoms with van der Waals surface area (Å²) in [6, 6.07) is 12.2. The third kappa shape index (κ3) is 5.45. The van der Waals surface area contributed by atoms with Crippen LogP contribution < -0.4 is 20.1 Å². The molecule has 2 amide bonds. The number of amides is 2. The number of hydrogen-bond acceptors (Lipinski definition) is 6. The fraction of sp³-hybridized carbons (Fsp3) is 0.136. The molecule has 1 aromatic carbocycles. The second-order valence-electron chi connectivity index (χ2n) is 6.14. The molecule has 0 radical (unpaired) electrons. The summed E-state index contributed by atoms with van der Waals surface area (Å²) in [7, 11) is 3.01. The number of thiophene rings is 1. The zero-order chi connectivity index (χ0) is 21.3. The first-order chi connectivity index (χ1) is 14.6. The highest BCUT2D eigenvalue weighted by molar-refractivity contribution is 7.10. The van der Waals surface area contributed by atoms with Crippen molar-refractivity contribution in [3.8, 4) is 11.5 Å². The molecule has 154 valence electrons. The van der Waals surface area contributed by atoms with Crippen LogP contribution in [0.1, 0.15) is 20.8 Å². The van der Waals surface area contributed by atoms with Crippen molar-refractivity contribution >= 4 is 29.2 Å². The van der Waals surface area contributed by atoms with Crippen molar-refractivity contribution in [3.05, 3.63) is 81.9 Å². The summed E-state index contributed by atoms with van der Waals surface area (Å²) in [6.45, 7) is 0.315. The van der Waals surface area contributed by atoms with E-state index in [1.807, 2.05) is 29.6 Å². The minimum absolute atomic E-state index is 0.145. The number of nitrogens with zero attached hydrogens (tertiary/aromatic N) is 1. The van der Waals surface area contributed by atoms with Crippen LogP contribution >= 0.6 is 11.3 Å². The molecule has 0 saturated carbocycles. The number of hydrogen-bond donors (Lipinski definition) is 2. The highest BCUT2D eigenvalue weighted by atomic mass is 32.1. The van der Waals surface area contributed by atoms with E-state index in [1.165, 1.54) is 25.6 Å². The van der Waals surface area contributed by atoms with Crippen LogP contribution in [-0.2, 0) is 11.3 Å². The molecule has 7 nitrogen and oxygen atoms in total. The molecule has 0 aliphatic heterocycles. The predicted molar refractivity (Wildman–Crippen MR) is 115 cm³/mol. The number of ether oxygens (including phenoxy) is 2. The van der Waals surface area contributed by atoms with Gasteiger partial charge >= 0.3 is 0 Å². The number of carbonyl (C=O) groups excluding carboxylic acids is 2. The molecular weight excluding hydrogens is 402 g/mol. The Morgan fingerprint density at radius 1 is 1.07 bits per heavy atom. The van der Waals surface area contributed by atoms with Gasteiger partial charge in [0.05, 0.1) is 14.2 Å². The van der Waals surface area contributed by atoms with E-state index in [4.69, 9.17) is 9.47 Å². The van der Waals surface area contributed by atoms with E-state index in [0.717, 1.165) is 10.4 Å². The van der Waals surface area contributed by atoms with Crippen LogP contribution in [0.15, 0.2) is 65.9 Å². The fourth-order valence-electron chi connectivity index (χ4n) is 2.62. The monoisotopic (exact) mass is 423 g/mol. The molecule has 2 heterocycles. The van der Waals surface area contributed by atoms with Gasteiger partial charge in [-0.2, -0.15) is 0 Å². The number of nitrogens with one attached hydrogen (secondary N) is 2. The quantitative estimate of drug-likeness (QED) is 0.543. The Kier molecular flexibility index (Phi) is 7.18. The molecule has 8 heteroatoms. The molecule has 2 N–H and O–H groups in total. The highest BCUT2D eigenvalue weighted by Gasteiger charge is 2.16. The normalized spacial score (nSPS) is 10.9. The predicted octanol–water partition coefficient (Wildman–Crippen LogP) is 3.25. The largest absolute Gasteiger partial charge is 0.493 e. The maximum Gasteiger partial charge on any atom is 0.268 e. The number of rotatable bonds is 8. The van der Waals surface area contributed by atoms with E-state index in [9.17, 15) is 9.59 Å². The highest BCUT2D eigenvalue weighted by Crippen LogP contribution is 2.27. The third-order valence-electron chi connectivity index (χ3n) is 4.17. The topological polar surface area (TPSA) is 89.5 Å². The lowest BCUT2D eigenvalue weighted by atomic mass is 10.1.